The lowest BCUT2D eigenvalue weighted by molar-refractivity contribution is 0.102. The number of thiophene rings is 1. The van der Waals surface area contributed by atoms with Crippen LogP contribution in [0.1, 0.15) is 70.8 Å². The number of carbonyl (C=O) groups is 2. The van der Waals surface area contributed by atoms with Gasteiger partial charge >= 0.3 is 0 Å². The van der Waals surface area contributed by atoms with Gasteiger partial charge in [0.15, 0.2) is 0 Å². The quantitative estimate of drug-likeness (QED) is 0.349. The van der Waals surface area contributed by atoms with Gasteiger partial charge in [-0.1, -0.05) is 67.9 Å². The van der Waals surface area contributed by atoms with E-state index in [1.54, 1.807) is 23.5 Å². The van der Waals surface area contributed by atoms with Crippen LogP contribution in [0.2, 0.25) is 0 Å². The van der Waals surface area contributed by atoms with E-state index in [9.17, 15) is 9.59 Å². The van der Waals surface area contributed by atoms with E-state index in [1.807, 2.05) is 36.4 Å². The maximum absolute atomic E-state index is 13.6. The number of fused-ring (bicyclic) bond motifs is 1. The zero-order valence-corrected chi connectivity index (χ0v) is 22.5. The molecule has 0 aliphatic heterocycles. The average molecular weight is 540 g/mol. The highest BCUT2D eigenvalue weighted by Gasteiger charge is 2.34. The van der Waals surface area contributed by atoms with E-state index in [1.165, 1.54) is 4.88 Å². The Kier molecular flexibility index (Phi) is 7.29. The first-order chi connectivity index (χ1) is 16.2. The number of carbonyl (C=O) groups excluding carboxylic acids is 2. The Hall–Kier alpha value is -2.44. The van der Waals surface area contributed by atoms with Gasteiger partial charge in [0.2, 0.25) is 0 Å². The van der Waals surface area contributed by atoms with Crippen molar-refractivity contribution in [3.8, 4) is 0 Å². The smallest absolute Gasteiger partial charge is 0.258 e. The van der Waals surface area contributed by atoms with E-state index in [2.05, 4.69) is 54.3 Å². The third-order valence-electron chi connectivity index (χ3n) is 6.68. The summed E-state index contributed by atoms with van der Waals surface area (Å²) in [6.07, 6.45) is 3.65. The van der Waals surface area contributed by atoms with E-state index in [-0.39, 0.29) is 17.2 Å². The van der Waals surface area contributed by atoms with Crippen molar-refractivity contribution in [1.29, 1.82) is 0 Å². The van der Waals surface area contributed by atoms with Crippen LogP contribution < -0.4 is 10.6 Å². The van der Waals surface area contributed by atoms with Crippen molar-refractivity contribution < 1.29 is 9.59 Å². The van der Waals surface area contributed by atoms with Crippen LogP contribution in [-0.4, -0.2) is 11.8 Å². The number of para-hydroxylation sites is 1. The van der Waals surface area contributed by atoms with Crippen LogP contribution in [0.5, 0.6) is 0 Å². The third kappa shape index (κ3) is 5.28. The molecular formula is C28H31BrN2O2S. The number of benzene rings is 2. The standard InChI is InChI=1S/C28H31BrN2O2S/c1-5-17-9-6-7-12-22(17)30-26(33)24-21-14-13-19(28(2,3)4)16-23(21)34-27(24)31-25(32)18-10-8-11-20(29)15-18/h6-12,15,19H,5,13-14,16H2,1-4H3,(H,30,33)(H,31,32). The van der Waals surface area contributed by atoms with E-state index >= 15 is 0 Å². The summed E-state index contributed by atoms with van der Waals surface area (Å²) in [7, 11) is 0. The minimum Gasteiger partial charge on any atom is -0.322 e. The van der Waals surface area contributed by atoms with Crippen LogP contribution in [0.3, 0.4) is 0 Å². The van der Waals surface area contributed by atoms with Gasteiger partial charge in [-0.2, -0.15) is 0 Å². The normalized spacial score (nSPS) is 15.5. The zero-order valence-electron chi connectivity index (χ0n) is 20.1. The van der Waals surface area contributed by atoms with Gasteiger partial charge in [0.1, 0.15) is 5.00 Å². The number of amides is 2. The molecule has 3 aromatic rings. The molecule has 178 valence electrons. The number of anilines is 2. The highest BCUT2D eigenvalue weighted by Crippen LogP contribution is 2.44. The molecule has 2 aromatic carbocycles. The number of nitrogens with one attached hydrogen (secondary N) is 2. The second-order valence-electron chi connectivity index (χ2n) is 9.94. The molecule has 4 rings (SSSR count). The van der Waals surface area contributed by atoms with Crippen LogP contribution in [0.4, 0.5) is 10.7 Å². The van der Waals surface area contributed by atoms with Crippen molar-refractivity contribution in [3.63, 3.8) is 0 Å². The summed E-state index contributed by atoms with van der Waals surface area (Å²) < 4.78 is 0.841. The van der Waals surface area contributed by atoms with E-state index < -0.39 is 0 Å². The second kappa shape index (κ2) is 10.0. The SMILES string of the molecule is CCc1ccccc1NC(=O)c1c(NC(=O)c2cccc(Br)c2)sc2c1CCC(C(C)(C)C)C2. The fraction of sp³-hybridized carbons (Fsp3) is 0.357. The number of rotatable bonds is 5. The molecule has 0 saturated carbocycles. The van der Waals surface area contributed by atoms with Gasteiger partial charge in [-0.3, -0.25) is 9.59 Å². The van der Waals surface area contributed by atoms with Gasteiger partial charge in [0.05, 0.1) is 5.56 Å². The zero-order chi connectivity index (χ0) is 24.5. The van der Waals surface area contributed by atoms with Gasteiger partial charge in [0, 0.05) is 20.6 Å². The van der Waals surface area contributed by atoms with Gasteiger partial charge in [-0.15, -0.1) is 11.3 Å². The molecule has 2 N–H and O–H groups in total. The van der Waals surface area contributed by atoms with Crippen LogP contribution in [0.25, 0.3) is 0 Å². The first kappa shape index (κ1) is 24.7. The summed E-state index contributed by atoms with van der Waals surface area (Å²) in [6.45, 7) is 8.91. The average Bonchev–Trinajstić information content (AvgIpc) is 3.16. The van der Waals surface area contributed by atoms with Crippen molar-refractivity contribution in [3.05, 3.63) is 80.1 Å². The summed E-state index contributed by atoms with van der Waals surface area (Å²) in [5.41, 5.74) is 4.36. The molecule has 0 saturated heterocycles. The predicted octanol–water partition coefficient (Wildman–Crippen LogP) is 7.73. The van der Waals surface area contributed by atoms with E-state index in [0.717, 1.165) is 47.0 Å². The molecule has 0 spiro atoms. The Morgan fingerprint density at radius 3 is 2.53 bits per heavy atom. The van der Waals surface area contributed by atoms with Crippen molar-refractivity contribution in [1.82, 2.24) is 0 Å². The Balaban J connectivity index is 1.70. The van der Waals surface area contributed by atoms with Crippen molar-refractivity contribution in [2.75, 3.05) is 10.6 Å². The highest BCUT2D eigenvalue weighted by molar-refractivity contribution is 9.10. The van der Waals surface area contributed by atoms with Crippen molar-refractivity contribution in [2.45, 2.75) is 53.4 Å². The fourth-order valence-corrected chi connectivity index (χ4v) is 6.31. The molecule has 6 heteroatoms. The lowest BCUT2D eigenvalue weighted by atomic mass is 9.72. The van der Waals surface area contributed by atoms with Crippen LogP contribution >= 0.6 is 27.3 Å². The minimum atomic E-state index is -0.213. The summed E-state index contributed by atoms with van der Waals surface area (Å²) in [5, 5.41) is 6.82. The number of hydrogen-bond donors (Lipinski definition) is 2. The van der Waals surface area contributed by atoms with E-state index in [4.69, 9.17) is 0 Å². The summed E-state index contributed by atoms with van der Waals surface area (Å²) in [6, 6.07) is 15.2. The molecule has 0 bridgehead atoms. The molecule has 0 radical (unpaired) electrons. The molecule has 1 aliphatic rings. The highest BCUT2D eigenvalue weighted by atomic mass is 79.9. The molecule has 1 aliphatic carbocycles. The molecule has 1 aromatic heterocycles. The summed E-state index contributed by atoms with van der Waals surface area (Å²) in [5.74, 6) is 0.177. The topological polar surface area (TPSA) is 58.2 Å². The minimum absolute atomic E-state index is 0.155. The lowest BCUT2D eigenvalue weighted by Gasteiger charge is -2.33. The monoisotopic (exact) mass is 538 g/mol. The first-order valence-corrected chi connectivity index (χ1v) is 13.4. The molecular weight excluding hydrogens is 508 g/mol. The van der Waals surface area contributed by atoms with Crippen LogP contribution in [0, 0.1) is 11.3 Å². The van der Waals surface area contributed by atoms with Crippen molar-refractivity contribution >= 4 is 49.8 Å². The maximum Gasteiger partial charge on any atom is 0.258 e. The number of hydrogen-bond acceptors (Lipinski definition) is 3. The third-order valence-corrected chi connectivity index (χ3v) is 8.34. The fourth-order valence-electron chi connectivity index (χ4n) is 4.59. The Morgan fingerprint density at radius 2 is 1.82 bits per heavy atom. The molecule has 34 heavy (non-hydrogen) atoms. The Bertz CT molecular complexity index is 1230. The number of aryl methyl sites for hydroxylation is 1. The molecule has 1 atom stereocenters. The van der Waals surface area contributed by atoms with Crippen LogP contribution in [0.15, 0.2) is 53.0 Å². The van der Waals surface area contributed by atoms with Crippen LogP contribution in [-0.2, 0) is 19.3 Å². The molecule has 2 amide bonds. The van der Waals surface area contributed by atoms with Gasteiger partial charge in [-0.25, -0.2) is 0 Å². The summed E-state index contributed by atoms with van der Waals surface area (Å²) in [4.78, 5) is 27.9. The molecule has 4 nitrogen and oxygen atoms in total. The lowest BCUT2D eigenvalue weighted by Crippen LogP contribution is -2.27. The largest absolute Gasteiger partial charge is 0.322 e. The number of halogens is 1. The van der Waals surface area contributed by atoms with Gasteiger partial charge in [-0.05, 0) is 72.4 Å². The molecule has 1 heterocycles. The van der Waals surface area contributed by atoms with Gasteiger partial charge in [0.25, 0.3) is 11.8 Å². The Morgan fingerprint density at radius 1 is 1.06 bits per heavy atom. The predicted molar refractivity (Wildman–Crippen MR) is 145 cm³/mol. The second-order valence-corrected chi connectivity index (χ2v) is 12.0. The van der Waals surface area contributed by atoms with E-state index in [0.29, 0.717) is 22.0 Å². The van der Waals surface area contributed by atoms with Crippen molar-refractivity contribution in [2.24, 2.45) is 11.3 Å². The first-order valence-electron chi connectivity index (χ1n) is 11.8. The molecule has 0 fully saturated rings. The Labute approximate surface area is 214 Å². The maximum atomic E-state index is 13.6. The summed E-state index contributed by atoms with van der Waals surface area (Å²) >= 11 is 4.99. The molecule has 1 unspecified atom stereocenters. The van der Waals surface area contributed by atoms with Gasteiger partial charge < -0.3 is 10.6 Å².